The molecular weight excluding hydrogens is 328 g/mol. The Morgan fingerprint density at radius 1 is 1.04 bits per heavy atom. The van der Waals surface area contributed by atoms with Gasteiger partial charge >= 0.3 is 5.97 Å². The lowest BCUT2D eigenvalue weighted by Gasteiger charge is -2.20. The van der Waals surface area contributed by atoms with Crippen molar-refractivity contribution in [2.45, 2.75) is 6.10 Å². The average Bonchev–Trinajstić information content (AvgIpc) is 2.62. The highest BCUT2D eigenvalue weighted by atomic mass is 35.5. The van der Waals surface area contributed by atoms with Crippen LogP contribution in [0.4, 0.5) is 0 Å². The van der Waals surface area contributed by atoms with Gasteiger partial charge in [-0.15, -0.1) is 0 Å². The Bertz CT molecular complexity index is 722. The van der Waals surface area contributed by atoms with Crippen LogP contribution >= 0.6 is 11.6 Å². The number of rotatable bonds is 6. The van der Waals surface area contributed by atoms with Gasteiger partial charge in [-0.1, -0.05) is 48.0 Å². The van der Waals surface area contributed by atoms with Gasteiger partial charge in [0, 0.05) is 12.1 Å². The summed E-state index contributed by atoms with van der Waals surface area (Å²) < 4.78 is 15.6. The molecule has 2 aromatic carbocycles. The molecule has 1 atom stereocenters. The van der Waals surface area contributed by atoms with Crippen LogP contribution in [0.15, 0.2) is 54.8 Å². The highest BCUT2D eigenvalue weighted by molar-refractivity contribution is 6.30. The van der Waals surface area contributed by atoms with Crippen LogP contribution in [0, 0.1) is 0 Å². The number of carbonyl (C=O) groups excluding carboxylic acids is 1. The maximum absolute atomic E-state index is 12.1. The fourth-order valence-electron chi connectivity index (χ4n) is 2.50. The minimum Gasteiger partial charge on any atom is -0.503 e. The van der Waals surface area contributed by atoms with Gasteiger partial charge in [0.25, 0.3) is 0 Å². The Balaban J connectivity index is 2.55. The standard InChI is InChI=1S/C19H19ClO4/c1-22-12-17(19(21)24-3)15-6-4-5-7-16(15)18(23-2)13-8-10-14(20)11-9-13/h4-12,18H,1-3H3/b17-12+. The molecular formula is C19H19ClO4. The van der Waals surface area contributed by atoms with Crippen LogP contribution in [0.1, 0.15) is 22.8 Å². The number of hydrogen-bond acceptors (Lipinski definition) is 4. The first-order valence-electron chi connectivity index (χ1n) is 7.31. The molecule has 0 saturated carbocycles. The molecule has 0 fully saturated rings. The predicted molar refractivity (Wildman–Crippen MR) is 93.7 cm³/mol. The van der Waals surface area contributed by atoms with Crippen molar-refractivity contribution in [2.24, 2.45) is 0 Å². The Kier molecular flexibility index (Phi) is 6.41. The number of benzene rings is 2. The third kappa shape index (κ3) is 3.96. The Morgan fingerprint density at radius 3 is 2.29 bits per heavy atom. The summed E-state index contributed by atoms with van der Waals surface area (Å²) in [5.41, 5.74) is 2.77. The fourth-order valence-corrected chi connectivity index (χ4v) is 2.63. The maximum atomic E-state index is 12.1. The summed E-state index contributed by atoms with van der Waals surface area (Å²) in [7, 11) is 4.44. The molecule has 0 bridgehead atoms. The van der Waals surface area contributed by atoms with E-state index in [1.165, 1.54) is 20.5 Å². The van der Waals surface area contributed by atoms with Gasteiger partial charge in [0.1, 0.15) is 11.7 Å². The molecule has 0 aliphatic rings. The lowest BCUT2D eigenvalue weighted by molar-refractivity contribution is -0.133. The van der Waals surface area contributed by atoms with Crippen molar-refractivity contribution in [3.63, 3.8) is 0 Å². The minimum absolute atomic E-state index is 0.326. The first-order valence-corrected chi connectivity index (χ1v) is 7.69. The Hall–Kier alpha value is -2.30. The van der Waals surface area contributed by atoms with Crippen LogP contribution in [-0.4, -0.2) is 27.3 Å². The first kappa shape index (κ1) is 18.0. The summed E-state index contributed by atoms with van der Waals surface area (Å²) in [4.78, 5) is 12.1. The second-order valence-corrected chi connectivity index (χ2v) is 5.45. The average molecular weight is 347 g/mol. The van der Waals surface area contributed by atoms with Gasteiger partial charge in [0.2, 0.25) is 0 Å². The second-order valence-electron chi connectivity index (χ2n) is 5.01. The van der Waals surface area contributed by atoms with Gasteiger partial charge in [-0.05, 0) is 28.8 Å². The molecule has 0 amide bonds. The van der Waals surface area contributed by atoms with Crippen LogP contribution in [0.3, 0.4) is 0 Å². The monoisotopic (exact) mass is 346 g/mol. The van der Waals surface area contributed by atoms with Gasteiger partial charge in [-0.2, -0.15) is 0 Å². The zero-order valence-electron chi connectivity index (χ0n) is 13.8. The smallest absolute Gasteiger partial charge is 0.341 e. The predicted octanol–water partition coefficient (Wildman–Crippen LogP) is 4.24. The normalized spacial score (nSPS) is 12.6. The molecule has 5 heteroatoms. The molecule has 0 radical (unpaired) electrons. The zero-order chi connectivity index (χ0) is 17.5. The van der Waals surface area contributed by atoms with E-state index in [1.807, 2.05) is 36.4 Å². The van der Waals surface area contributed by atoms with Crippen molar-refractivity contribution >= 4 is 23.1 Å². The summed E-state index contributed by atoms with van der Waals surface area (Å²) in [6.45, 7) is 0. The molecule has 4 nitrogen and oxygen atoms in total. The molecule has 0 spiro atoms. The zero-order valence-corrected chi connectivity index (χ0v) is 14.5. The Labute approximate surface area is 146 Å². The molecule has 0 aliphatic heterocycles. The van der Waals surface area contributed by atoms with E-state index in [-0.39, 0.29) is 6.10 Å². The summed E-state index contributed by atoms with van der Waals surface area (Å²) >= 11 is 5.96. The molecule has 0 heterocycles. The van der Waals surface area contributed by atoms with Crippen molar-refractivity contribution < 1.29 is 19.0 Å². The van der Waals surface area contributed by atoms with Crippen molar-refractivity contribution in [3.05, 3.63) is 76.5 Å². The van der Waals surface area contributed by atoms with Crippen LogP contribution in [0.2, 0.25) is 5.02 Å². The van der Waals surface area contributed by atoms with Crippen molar-refractivity contribution in [1.29, 1.82) is 0 Å². The molecule has 0 N–H and O–H groups in total. The summed E-state index contributed by atoms with van der Waals surface area (Å²) in [5, 5.41) is 0.649. The van der Waals surface area contributed by atoms with Gasteiger partial charge in [-0.3, -0.25) is 0 Å². The van der Waals surface area contributed by atoms with Gasteiger partial charge in [0.05, 0.1) is 20.5 Å². The number of halogens is 1. The van der Waals surface area contributed by atoms with E-state index in [0.29, 0.717) is 16.2 Å². The Morgan fingerprint density at radius 2 is 1.71 bits per heavy atom. The van der Waals surface area contributed by atoms with E-state index in [2.05, 4.69) is 0 Å². The van der Waals surface area contributed by atoms with Crippen molar-refractivity contribution in [1.82, 2.24) is 0 Å². The summed E-state index contributed by atoms with van der Waals surface area (Å²) in [6.07, 6.45) is 1.02. The van der Waals surface area contributed by atoms with E-state index in [1.54, 1.807) is 19.2 Å². The van der Waals surface area contributed by atoms with E-state index in [0.717, 1.165) is 11.1 Å². The summed E-state index contributed by atoms with van der Waals surface area (Å²) in [5.74, 6) is -0.477. The molecule has 0 aromatic heterocycles. The number of hydrogen-bond donors (Lipinski definition) is 0. The second kappa shape index (κ2) is 8.52. The van der Waals surface area contributed by atoms with Crippen molar-refractivity contribution in [3.8, 4) is 0 Å². The number of carbonyl (C=O) groups is 1. The highest BCUT2D eigenvalue weighted by Crippen LogP contribution is 2.32. The molecule has 0 aliphatic carbocycles. The fraction of sp³-hybridized carbons (Fsp3) is 0.211. The number of ether oxygens (including phenoxy) is 3. The minimum atomic E-state index is -0.477. The number of methoxy groups -OCH3 is 3. The first-order chi connectivity index (χ1) is 11.6. The van der Waals surface area contributed by atoms with Crippen LogP contribution in [-0.2, 0) is 19.0 Å². The van der Waals surface area contributed by atoms with Gasteiger partial charge < -0.3 is 14.2 Å². The third-order valence-corrected chi connectivity index (χ3v) is 3.83. The van der Waals surface area contributed by atoms with E-state index < -0.39 is 5.97 Å². The van der Waals surface area contributed by atoms with E-state index in [4.69, 9.17) is 25.8 Å². The molecule has 24 heavy (non-hydrogen) atoms. The largest absolute Gasteiger partial charge is 0.503 e. The van der Waals surface area contributed by atoms with E-state index >= 15 is 0 Å². The maximum Gasteiger partial charge on any atom is 0.341 e. The van der Waals surface area contributed by atoms with Crippen LogP contribution in [0.5, 0.6) is 0 Å². The SMILES string of the molecule is CO/C=C(/C(=O)OC)c1ccccc1C(OC)c1ccc(Cl)cc1. The van der Waals surface area contributed by atoms with E-state index in [9.17, 15) is 4.79 Å². The summed E-state index contributed by atoms with van der Waals surface area (Å²) in [6, 6.07) is 14.9. The molecule has 1 unspecified atom stereocenters. The number of esters is 1. The lowest BCUT2D eigenvalue weighted by Crippen LogP contribution is -2.11. The lowest BCUT2D eigenvalue weighted by atomic mass is 9.93. The molecule has 126 valence electrons. The molecule has 0 saturated heterocycles. The van der Waals surface area contributed by atoms with Gasteiger partial charge in [0.15, 0.2) is 0 Å². The topological polar surface area (TPSA) is 44.8 Å². The van der Waals surface area contributed by atoms with Crippen LogP contribution in [0.25, 0.3) is 5.57 Å². The molecule has 2 aromatic rings. The van der Waals surface area contributed by atoms with Crippen molar-refractivity contribution in [2.75, 3.05) is 21.3 Å². The third-order valence-electron chi connectivity index (χ3n) is 3.58. The van der Waals surface area contributed by atoms with Gasteiger partial charge in [-0.25, -0.2) is 4.79 Å². The highest BCUT2D eigenvalue weighted by Gasteiger charge is 2.22. The quantitative estimate of drug-likeness (QED) is 0.446. The van der Waals surface area contributed by atoms with Crippen LogP contribution < -0.4 is 0 Å². The molecule has 2 rings (SSSR count).